The Hall–Kier alpha value is -3.45. The van der Waals surface area contributed by atoms with Crippen molar-refractivity contribution in [2.45, 2.75) is 84.7 Å². The SMILES string of the molecule is C/C=C(O)\C(=C/CC)c1c[nH]c2ncc(-c3cc(F)cc(C(=O)N4CCC(CCN5C(C)CCCC5C)CC4)c3)cc12. The van der Waals surface area contributed by atoms with Crippen LogP contribution in [0.4, 0.5) is 4.39 Å². The highest BCUT2D eigenvalue weighted by Crippen LogP contribution is 2.33. The van der Waals surface area contributed by atoms with Crippen LogP contribution >= 0.6 is 0 Å². The van der Waals surface area contributed by atoms with Gasteiger partial charge in [0.15, 0.2) is 0 Å². The van der Waals surface area contributed by atoms with Gasteiger partial charge in [0, 0.05) is 65.2 Å². The molecule has 0 saturated carbocycles. The number of pyridine rings is 1. The van der Waals surface area contributed by atoms with Crippen LogP contribution in [0.15, 0.2) is 54.6 Å². The minimum Gasteiger partial charge on any atom is -0.508 e. The van der Waals surface area contributed by atoms with E-state index in [2.05, 4.69) is 28.7 Å². The van der Waals surface area contributed by atoms with Crippen LogP contribution in [0.3, 0.4) is 0 Å². The van der Waals surface area contributed by atoms with Gasteiger partial charge < -0.3 is 15.0 Å². The molecule has 2 fully saturated rings. The van der Waals surface area contributed by atoms with Gasteiger partial charge in [-0.3, -0.25) is 9.69 Å². The van der Waals surface area contributed by atoms with Crippen LogP contribution in [0.5, 0.6) is 0 Å². The zero-order valence-electron chi connectivity index (χ0n) is 25.5. The van der Waals surface area contributed by atoms with Crippen molar-refractivity contribution in [1.29, 1.82) is 0 Å². The lowest BCUT2D eigenvalue weighted by Gasteiger charge is -2.40. The number of amides is 1. The molecule has 2 aliphatic heterocycles. The van der Waals surface area contributed by atoms with Crippen LogP contribution in [0.1, 0.15) is 88.6 Å². The number of benzene rings is 1. The zero-order valence-corrected chi connectivity index (χ0v) is 25.5. The van der Waals surface area contributed by atoms with Crippen molar-refractivity contribution in [3.8, 4) is 11.1 Å². The van der Waals surface area contributed by atoms with E-state index in [0.717, 1.165) is 42.3 Å². The molecule has 2 aliphatic rings. The van der Waals surface area contributed by atoms with E-state index in [1.165, 1.54) is 37.8 Å². The Morgan fingerprint density at radius 2 is 1.83 bits per heavy atom. The predicted octanol–water partition coefficient (Wildman–Crippen LogP) is 8.13. The number of hydrogen-bond donors (Lipinski definition) is 2. The third kappa shape index (κ3) is 6.46. The fourth-order valence-electron chi connectivity index (χ4n) is 6.83. The molecule has 7 heteroatoms. The summed E-state index contributed by atoms with van der Waals surface area (Å²) in [5.74, 6) is 0.264. The van der Waals surface area contributed by atoms with Crippen molar-refractivity contribution >= 4 is 22.5 Å². The summed E-state index contributed by atoms with van der Waals surface area (Å²) in [6.07, 6.45) is 15.0. The number of H-pyrrole nitrogens is 1. The molecule has 6 nitrogen and oxygen atoms in total. The van der Waals surface area contributed by atoms with Crippen molar-refractivity contribution < 1.29 is 14.3 Å². The van der Waals surface area contributed by atoms with Crippen LogP contribution in [-0.4, -0.2) is 62.5 Å². The second kappa shape index (κ2) is 13.2. The van der Waals surface area contributed by atoms with E-state index in [-0.39, 0.29) is 11.7 Å². The molecule has 1 aromatic carbocycles. The summed E-state index contributed by atoms with van der Waals surface area (Å²) in [5.41, 5.74) is 3.93. The molecule has 0 aliphatic carbocycles. The van der Waals surface area contributed by atoms with E-state index in [1.54, 1.807) is 25.3 Å². The predicted molar refractivity (Wildman–Crippen MR) is 169 cm³/mol. The van der Waals surface area contributed by atoms with E-state index in [9.17, 15) is 14.3 Å². The topological polar surface area (TPSA) is 72.5 Å². The van der Waals surface area contributed by atoms with Crippen LogP contribution < -0.4 is 0 Å². The van der Waals surface area contributed by atoms with Gasteiger partial charge in [0.2, 0.25) is 0 Å². The number of allylic oxidation sites excluding steroid dienone is 3. The van der Waals surface area contributed by atoms with Crippen molar-refractivity contribution in [2.24, 2.45) is 5.92 Å². The molecule has 0 bridgehead atoms. The molecule has 3 aromatic rings. The molecule has 2 aromatic heterocycles. The fraction of sp³-hybridized carbons (Fsp3) is 0.486. The molecule has 0 spiro atoms. The van der Waals surface area contributed by atoms with Gasteiger partial charge in [-0.05, 0) is 108 Å². The quantitative estimate of drug-likeness (QED) is 0.211. The van der Waals surface area contributed by atoms with Crippen LogP contribution in [0.25, 0.3) is 27.7 Å². The second-order valence-corrected chi connectivity index (χ2v) is 12.1. The lowest BCUT2D eigenvalue weighted by Crippen LogP contribution is -2.45. The zero-order chi connectivity index (χ0) is 29.8. The molecule has 5 rings (SSSR count). The van der Waals surface area contributed by atoms with E-state index in [0.29, 0.717) is 53.4 Å². The van der Waals surface area contributed by atoms with Gasteiger partial charge >= 0.3 is 0 Å². The second-order valence-electron chi connectivity index (χ2n) is 12.1. The monoisotopic (exact) mass is 572 g/mol. The number of aliphatic hydroxyl groups is 1. The third-order valence-electron chi connectivity index (χ3n) is 9.33. The number of likely N-dealkylation sites (tertiary alicyclic amines) is 2. The van der Waals surface area contributed by atoms with Gasteiger partial charge in [-0.2, -0.15) is 0 Å². The standard InChI is InChI=1S/C35H45FN4O2/c1-5-8-30(33(41)6-2)32-22-38-34-31(32)20-28(21-37-34)26-17-27(19-29(36)18-26)35(42)39-14-11-25(12-15-39)13-16-40-23(3)9-7-10-24(40)4/h6,8,17-25,41H,5,7,9-16H2,1-4H3,(H,37,38)/b30-8-,33-6+. The average Bonchev–Trinajstić information content (AvgIpc) is 3.42. The van der Waals surface area contributed by atoms with Gasteiger partial charge in [-0.15, -0.1) is 0 Å². The van der Waals surface area contributed by atoms with E-state index in [1.807, 2.05) is 30.2 Å². The maximum Gasteiger partial charge on any atom is 0.253 e. The Kier molecular flexibility index (Phi) is 9.47. The molecule has 4 heterocycles. The number of carbonyl (C=O) groups excluding carboxylic acids is 1. The number of aliphatic hydroxyl groups excluding tert-OH is 1. The summed E-state index contributed by atoms with van der Waals surface area (Å²) in [7, 11) is 0. The number of aromatic amines is 1. The Balaban J connectivity index is 1.30. The third-order valence-corrected chi connectivity index (χ3v) is 9.33. The average molecular weight is 573 g/mol. The smallest absolute Gasteiger partial charge is 0.253 e. The molecular weight excluding hydrogens is 527 g/mol. The molecule has 2 unspecified atom stereocenters. The maximum absolute atomic E-state index is 14.9. The number of rotatable bonds is 8. The number of aromatic nitrogens is 2. The lowest BCUT2D eigenvalue weighted by atomic mass is 9.91. The first-order valence-corrected chi connectivity index (χ1v) is 15.7. The number of carbonyl (C=O) groups is 1. The van der Waals surface area contributed by atoms with Crippen LogP contribution in [0.2, 0.25) is 0 Å². The summed E-state index contributed by atoms with van der Waals surface area (Å²) >= 11 is 0. The van der Waals surface area contributed by atoms with E-state index in [4.69, 9.17) is 0 Å². The Morgan fingerprint density at radius 1 is 1.10 bits per heavy atom. The van der Waals surface area contributed by atoms with Crippen molar-refractivity contribution in [3.05, 3.63) is 71.5 Å². The van der Waals surface area contributed by atoms with Crippen LogP contribution in [0, 0.1) is 11.7 Å². The van der Waals surface area contributed by atoms with Gasteiger partial charge in [0.05, 0.1) is 0 Å². The van der Waals surface area contributed by atoms with Crippen LogP contribution in [-0.2, 0) is 0 Å². The Bertz CT molecular complexity index is 1460. The van der Waals surface area contributed by atoms with Crippen molar-refractivity contribution in [1.82, 2.24) is 19.8 Å². The Morgan fingerprint density at radius 3 is 2.52 bits per heavy atom. The number of nitrogens with one attached hydrogen (secondary N) is 1. The molecular formula is C35H45FN4O2. The van der Waals surface area contributed by atoms with Crippen molar-refractivity contribution in [3.63, 3.8) is 0 Å². The molecule has 2 atom stereocenters. The molecule has 2 N–H and O–H groups in total. The normalized spacial score (nSPS) is 21.3. The lowest BCUT2D eigenvalue weighted by molar-refractivity contribution is 0.0647. The van der Waals surface area contributed by atoms with Gasteiger partial charge in [0.25, 0.3) is 5.91 Å². The number of nitrogens with zero attached hydrogens (tertiary/aromatic N) is 3. The highest BCUT2D eigenvalue weighted by Gasteiger charge is 2.28. The maximum atomic E-state index is 14.9. The fourth-order valence-corrected chi connectivity index (χ4v) is 6.83. The van der Waals surface area contributed by atoms with Gasteiger partial charge in [-0.1, -0.05) is 19.4 Å². The molecule has 42 heavy (non-hydrogen) atoms. The first kappa shape index (κ1) is 30.0. The van der Waals surface area contributed by atoms with Gasteiger partial charge in [-0.25, -0.2) is 9.37 Å². The number of hydrogen-bond acceptors (Lipinski definition) is 4. The first-order chi connectivity index (χ1) is 20.3. The summed E-state index contributed by atoms with van der Waals surface area (Å²) in [4.78, 5) is 25.8. The minimum atomic E-state index is -0.442. The number of halogens is 1. The number of fused-ring (bicyclic) bond motifs is 1. The highest BCUT2D eigenvalue weighted by molar-refractivity contribution is 5.98. The summed E-state index contributed by atoms with van der Waals surface area (Å²) in [6.45, 7) is 11.1. The first-order valence-electron chi connectivity index (χ1n) is 15.7. The van der Waals surface area contributed by atoms with Gasteiger partial charge in [0.1, 0.15) is 17.2 Å². The number of piperidine rings is 2. The molecule has 224 valence electrons. The summed E-state index contributed by atoms with van der Waals surface area (Å²) < 4.78 is 14.9. The Labute approximate surface area is 249 Å². The molecule has 0 radical (unpaired) electrons. The highest BCUT2D eigenvalue weighted by atomic mass is 19.1. The van der Waals surface area contributed by atoms with E-state index >= 15 is 0 Å². The molecule has 1 amide bonds. The van der Waals surface area contributed by atoms with E-state index < -0.39 is 5.82 Å². The molecule has 2 saturated heterocycles. The largest absolute Gasteiger partial charge is 0.508 e. The summed E-state index contributed by atoms with van der Waals surface area (Å²) in [5, 5.41) is 11.3. The summed E-state index contributed by atoms with van der Waals surface area (Å²) in [6, 6.07) is 7.83. The van der Waals surface area contributed by atoms with Crippen molar-refractivity contribution in [2.75, 3.05) is 19.6 Å². The minimum absolute atomic E-state index is 0.116.